The first-order valence-corrected chi connectivity index (χ1v) is 7.40. The van der Waals surface area contributed by atoms with Gasteiger partial charge in [-0.15, -0.1) is 5.10 Å². The fourth-order valence-corrected chi connectivity index (χ4v) is 2.58. The molecule has 0 aliphatic carbocycles. The van der Waals surface area contributed by atoms with Crippen molar-refractivity contribution >= 4 is 5.91 Å². The van der Waals surface area contributed by atoms with Crippen molar-refractivity contribution in [3.8, 4) is 0 Å². The number of H-pyrrole nitrogens is 1. The summed E-state index contributed by atoms with van der Waals surface area (Å²) < 4.78 is 5.58. The van der Waals surface area contributed by atoms with Gasteiger partial charge in [0.05, 0.1) is 19.5 Å². The molecule has 0 radical (unpaired) electrons. The average molecular weight is 315 g/mol. The Bertz CT molecular complexity index is 718. The van der Waals surface area contributed by atoms with Crippen LogP contribution in [0.3, 0.4) is 0 Å². The lowest BCUT2D eigenvalue weighted by Crippen LogP contribution is -2.37. The molecular weight excluding hydrogens is 298 g/mol. The number of nitrogens with one attached hydrogen (secondary N) is 1. The van der Waals surface area contributed by atoms with E-state index in [4.69, 9.17) is 4.74 Å². The van der Waals surface area contributed by atoms with E-state index in [9.17, 15) is 9.59 Å². The lowest BCUT2D eigenvalue weighted by Gasteiger charge is -2.22. The fourth-order valence-electron chi connectivity index (χ4n) is 2.58. The summed E-state index contributed by atoms with van der Waals surface area (Å²) in [7, 11) is 0. The molecule has 1 N–H and O–H groups in total. The molecule has 0 spiro atoms. The Morgan fingerprint density at radius 1 is 1.48 bits per heavy atom. The van der Waals surface area contributed by atoms with E-state index in [0.29, 0.717) is 44.1 Å². The number of carbonyl (C=O) groups excluding carboxylic acids is 1. The highest BCUT2D eigenvalue weighted by Gasteiger charge is 2.24. The quantitative estimate of drug-likeness (QED) is 0.848. The summed E-state index contributed by atoms with van der Waals surface area (Å²) >= 11 is 0. The molecule has 3 rings (SSSR count). The van der Waals surface area contributed by atoms with Gasteiger partial charge in [-0.3, -0.25) is 9.59 Å². The molecule has 1 aliphatic heterocycles. The number of aromatic amines is 1. The zero-order valence-electron chi connectivity index (χ0n) is 12.5. The summed E-state index contributed by atoms with van der Waals surface area (Å²) in [6.45, 7) is 2.04. The normalized spacial score (nSPS) is 18.4. The van der Waals surface area contributed by atoms with E-state index >= 15 is 0 Å². The maximum Gasteiger partial charge on any atom is 0.274 e. The van der Waals surface area contributed by atoms with Gasteiger partial charge in [0, 0.05) is 37.0 Å². The van der Waals surface area contributed by atoms with Crippen LogP contribution in [0.1, 0.15) is 16.2 Å². The van der Waals surface area contributed by atoms with Gasteiger partial charge in [-0.05, 0) is 18.6 Å². The summed E-state index contributed by atoms with van der Waals surface area (Å²) in [4.78, 5) is 32.2. The SMILES string of the molecule is O=C(c1cccnn1)N1CCOC[C@H](Cc2cc(=O)[nH]cn2)C1. The Balaban J connectivity index is 1.71. The largest absolute Gasteiger partial charge is 0.379 e. The number of ether oxygens (including phenoxy) is 1. The van der Waals surface area contributed by atoms with Crippen molar-refractivity contribution in [2.24, 2.45) is 5.92 Å². The lowest BCUT2D eigenvalue weighted by molar-refractivity contribution is 0.0730. The molecule has 1 aliphatic rings. The van der Waals surface area contributed by atoms with E-state index in [1.807, 2.05) is 0 Å². The van der Waals surface area contributed by atoms with E-state index in [1.165, 1.54) is 18.6 Å². The van der Waals surface area contributed by atoms with Crippen molar-refractivity contribution in [1.82, 2.24) is 25.1 Å². The van der Waals surface area contributed by atoms with Crippen LogP contribution in [0, 0.1) is 5.92 Å². The predicted octanol–water partition coefficient (Wildman–Crippen LogP) is -0.109. The second kappa shape index (κ2) is 7.10. The Kier molecular flexibility index (Phi) is 4.72. The van der Waals surface area contributed by atoms with Crippen LogP contribution in [0.4, 0.5) is 0 Å². The predicted molar refractivity (Wildman–Crippen MR) is 80.8 cm³/mol. The van der Waals surface area contributed by atoms with Crippen LogP contribution in [-0.4, -0.2) is 57.3 Å². The summed E-state index contributed by atoms with van der Waals surface area (Å²) in [5, 5.41) is 7.61. The van der Waals surface area contributed by atoms with Crippen LogP contribution in [0.15, 0.2) is 35.5 Å². The van der Waals surface area contributed by atoms with Gasteiger partial charge >= 0.3 is 0 Å². The highest BCUT2D eigenvalue weighted by molar-refractivity contribution is 5.92. The highest BCUT2D eigenvalue weighted by atomic mass is 16.5. The number of amides is 1. The van der Waals surface area contributed by atoms with Crippen LogP contribution >= 0.6 is 0 Å². The molecular formula is C15H17N5O3. The molecule has 2 aromatic rings. The topological polar surface area (TPSA) is 101 Å². The zero-order chi connectivity index (χ0) is 16.1. The highest BCUT2D eigenvalue weighted by Crippen LogP contribution is 2.13. The van der Waals surface area contributed by atoms with Crippen molar-refractivity contribution in [2.75, 3.05) is 26.3 Å². The van der Waals surface area contributed by atoms with Crippen LogP contribution < -0.4 is 5.56 Å². The standard InChI is InChI=1S/C15H17N5O3/c21-14-7-12(16-10-17-14)6-11-8-20(4-5-23-9-11)15(22)13-2-1-3-18-19-13/h1-3,7,10-11H,4-6,8-9H2,(H,16,17,21)/t11-/m1/s1. The minimum atomic E-state index is -0.183. The molecule has 23 heavy (non-hydrogen) atoms. The monoisotopic (exact) mass is 315 g/mol. The molecule has 1 amide bonds. The van der Waals surface area contributed by atoms with Crippen molar-refractivity contribution in [3.05, 3.63) is 52.5 Å². The second-order valence-corrected chi connectivity index (χ2v) is 5.41. The molecule has 8 heteroatoms. The van der Waals surface area contributed by atoms with Gasteiger partial charge in [0.2, 0.25) is 0 Å². The molecule has 120 valence electrons. The lowest BCUT2D eigenvalue weighted by atomic mass is 10.0. The second-order valence-electron chi connectivity index (χ2n) is 5.41. The summed E-state index contributed by atoms with van der Waals surface area (Å²) in [5.41, 5.74) is 0.829. The molecule has 2 aromatic heterocycles. The van der Waals surface area contributed by atoms with E-state index in [-0.39, 0.29) is 17.4 Å². The summed E-state index contributed by atoms with van der Waals surface area (Å²) in [5.74, 6) is -0.0834. The van der Waals surface area contributed by atoms with Crippen LogP contribution in [-0.2, 0) is 11.2 Å². The van der Waals surface area contributed by atoms with Gasteiger partial charge in [-0.25, -0.2) is 4.98 Å². The first-order valence-electron chi connectivity index (χ1n) is 7.40. The molecule has 0 aromatic carbocycles. The number of rotatable bonds is 3. The van der Waals surface area contributed by atoms with E-state index in [1.54, 1.807) is 17.0 Å². The molecule has 1 atom stereocenters. The number of hydrogen-bond donors (Lipinski definition) is 1. The Labute approximate surface area is 132 Å². The maximum absolute atomic E-state index is 12.5. The molecule has 0 bridgehead atoms. The first-order chi connectivity index (χ1) is 11.2. The number of hydrogen-bond acceptors (Lipinski definition) is 6. The summed E-state index contributed by atoms with van der Waals surface area (Å²) in [6.07, 6.45) is 3.50. The van der Waals surface area contributed by atoms with Crippen molar-refractivity contribution < 1.29 is 9.53 Å². The smallest absolute Gasteiger partial charge is 0.274 e. The third-order valence-corrected chi connectivity index (χ3v) is 3.65. The van der Waals surface area contributed by atoms with E-state index in [0.717, 1.165) is 0 Å². The van der Waals surface area contributed by atoms with Crippen molar-refractivity contribution in [2.45, 2.75) is 6.42 Å². The minimum absolute atomic E-state index is 0.0763. The zero-order valence-corrected chi connectivity index (χ0v) is 12.5. The van der Waals surface area contributed by atoms with Crippen molar-refractivity contribution in [1.29, 1.82) is 0 Å². The molecule has 0 saturated carbocycles. The Morgan fingerprint density at radius 2 is 2.39 bits per heavy atom. The van der Waals surface area contributed by atoms with Crippen LogP contribution in [0.25, 0.3) is 0 Å². The molecule has 8 nitrogen and oxygen atoms in total. The molecule has 3 heterocycles. The van der Waals surface area contributed by atoms with E-state index in [2.05, 4.69) is 20.2 Å². The minimum Gasteiger partial charge on any atom is -0.379 e. The van der Waals surface area contributed by atoms with E-state index < -0.39 is 0 Å². The molecule has 1 saturated heterocycles. The van der Waals surface area contributed by atoms with Gasteiger partial charge < -0.3 is 14.6 Å². The van der Waals surface area contributed by atoms with Gasteiger partial charge in [0.1, 0.15) is 0 Å². The van der Waals surface area contributed by atoms with Crippen molar-refractivity contribution in [3.63, 3.8) is 0 Å². The maximum atomic E-state index is 12.5. The first kappa shape index (κ1) is 15.3. The number of nitrogens with zero attached hydrogens (tertiary/aromatic N) is 4. The summed E-state index contributed by atoms with van der Waals surface area (Å²) in [6, 6.07) is 4.81. The third-order valence-electron chi connectivity index (χ3n) is 3.65. The van der Waals surface area contributed by atoms with Gasteiger partial charge in [-0.2, -0.15) is 5.10 Å². The van der Waals surface area contributed by atoms with Crippen LogP contribution in [0.2, 0.25) is 0 Å². The molecule has 0 unspecified atom stereocenters. The molecule has 1 fully saturated rings. The van der Waals surface area contributed by atoms with Gasteiger partial charge in [-0.1, -0.05) is 0 Å². The number of carbonyl (C=O) groups is 1. The fraction of sp³-hybridized carbons (Fsp3) is 0.400. The Hall–Kier alpha value is -2.61. The Morgan fingerprint density at radius 3 is 3.17 bits per heavy atom. The van der Waals surface area contributed by atoms with Gasteiger partial charge in [0.25, 0.3) is 11.5 Å². The average Bonchev–Trinajstić information content (AvgIpc) is 2.80. The van der Waals surface area contributed by atoms with Gasteiger partial charge in [0.15, 0.2) is 5.69 Å². The number of aromatic nitrogens is 4. The van der Waals surface area contributed by atoms with Crippen LogP contribution in [0.5, 0.6) is 0 Å². The third kappa shape index (κ3) is 3.98.